The standard InChI is InChI=1S/C15H12N2OS/c1-10-6-2-5-9-13(10)17-14(18)11-7-3-4-8-12(11)16-15(17)19/h2-9H,1H3,(H,16,19). The van der Waals surface area contributed by atoms with Crippen molar-refractivity contribution in [2.45, 2.75) is 6.92 Å². The molecular weight excluding hydrogens is 256 g/mol. The molecule has 3 nitrogen and oxygen atoms in total. The number of aryl methyl sites for hydroxylation is 1. The molecule has 0 saturated carbocycles. The Hall–Kier alpha value is -2.20. The number of aromatic nitrogens is 2. The Labute approximate surface area is 115 Å². The van der Waals surface area contributed by atoms with Crippen molar-refractivity contribution in [2.24, 2.45) is 0 Å². The smallest absolute Gasteiger partial charge is 0.266 e. The first-order valence-electron chi connectivity index (χ1n) is 5.98. The van der Waals surface area contributed by atoms with Gasteiger partial charge in [0.15, 0.2) is 4.77 Å². The second kappa shape index (κ2) is 4.48. The maximum Gasteiger partial charge on any atom is 0.266 e. The molecule has 1 aromatic heterocycles. The third-order valence-corrected chi connectivity index (χ3v) is 3.45. The van der Waals surface area contributed by atoms with Crippen molar-refractivity contribution >= 4 is 23.1 Å². The van der Waals surface area contributed by atoms with Gasteiger partial charge in [-0.25, -0.2) is 0 Å². The second-order valence-electron chi connectivity index (χ2n) is 4.40. The van der Waals surface area contributed by atoms with Crippen molar-refractivity contribution in [1.29, 1.82) is 0 Å². The summed E-state index contributed by atoms with van der Waals surface area (Å²) < 4.78 is 1.96. The molecule has 3 aromatic rings. The molecule has 0 aliphatic rings. The van der Waals surface area contributed by atoms with E-state index in [4.69, 9.17) is 12.2 Å². The van der Waals surface area contributed by atoms with Crippen molar-refractivity contribution in [3.8, 4) is 5.69 Å². The Morgan fingerprint density at radius 1 is 1.05 bits per heavy atom. The zero-order valence-electron chi connectivity index (χ0n) is 10.4. The van der Waals surface area contributed by atoms with Gasteiger partial charge in [-0.3, -0.25) is 9.36 Å². The molecule has 1 N–H and O–H groups in total. The van der Waals surface area contributed by atoms with Crippen LogP contribution in [0, 0.1) is 11.7 Å². The van der Waals surface area contributed by atoms with Gasteiger partial charge in [0.2, 0.25) is 0 Å². The SMILES string of the molecule is Cc1ccccc1-n1c(=S)[nH]c2ccccc2c1=O. The fourth-order valence-corrected chi connectivity index (χ4v) is 2.49. The molecule has 0 saturated heterocycles. The molecule has 19 heavy (non-hydrogen) atoms. The molecule has 0 aliphatic heterocycles. The first-order valence-corrected chi connectivity index (χ1v) is 6.39. The zero-order chi connectivity index (χ0) is 13.4. The molecule has 0 amide bonds. The van der Waals surface area contributed by atoms with Crippen molar-refractivity contribution in [3.05, 3.63) is 69.2 Å². The first kappa shape index (κ1) is 11.9. The molecule has 0 spiro atoms. The summed E-state index contributed by atoms with van der Waals surface area (Å²) in [5, 5.41) is 0.638. The minimum absolute atomic E-state index is 0.0892. The van der Waals surface area contributed by atoms with Gasteiger partial charge in [0.05, 0.1) is 16.6 Å². The Morgan fingerprint density at radius 3 is 2.53 bits per heavy atom. The second-order valence-corrected chi connectivity index (χ2v) is 4.79. The maximum absolute atomic E-state index is 12.6. The molecule has 0 unspecified atom stereocenters. The quantitative estimate of drug-likeness (QED) is 0.687. The molecule has 4 heteroatoms. The van der Waals surface area contributed by atoms with E-state index in [0.29, 0.717) is 10.2 Å². The average Bonchev–Trinajstić information content (AvgIpc) is 2.41. The van der Waals surface area contributed by atoms with Crippen LogP contribution in [0.15, 0.2) is 53.3 Å². The summed E-state index contributed by atoms with van der Waals surface area (Å²) in [6.07, 6.45) is 0. The normalized spacial score (nSPS) is 10.8. The summed E-state index contributed by atoms with van der Waals surface area (Å²) in [7, 11) is 0. The predicted octanol–water partition coefficient (Wildman–Crippen LogP) is 3.36. The van der Waals surface area contributed by atoms with Gasteiger partial charge in [-0.15, -0.1) is 0 Å². The number of nitrogens with one attached hydrogen (secondary N) is 1. The van der Waals surface area contributed by atoms with E-state index in [0.717, 1.165) is 16.8 Å². The van der Waals surface area contributed by atoms with Crippen LogP contribution in [0.2, 0.25) is 0 Å². The number of benzene rings is 2. The van der Waals surface area contributed by atoms with Crippen LogP contribution >= 0.6 is 12.2 Å². The predicted molar refractivity (Wildman–Crippen MR) is 79.5 cm³/mol. The number of H-pyrrole nitrogens is 1. The first-order chi connectivity index (χ1) is 9.18. The van der Waals surface area contributed by atoms with Crippen LogP contribution in [-0.2, 0) is 0 Å². The highest BCUT2D eigenvalue weighted by Gasteiger charge is 2.08. The van der Waals surface area contributed by atoms with Crippen LogP contribution in [0.5, 0.6) is 0 Å². The number of rotatable bonds is 1. The van der Waals surface area contributed by atoms with Gasteiger partial charge in [-0.2, -0.15) is 0 Å². The molecule has 0 fully saturated rings. The third kappa shape index (κ3) is 1.90. The van der Waals surface area contributed by atoms with Gasteiger partial charge in [0.25, 0.3) is 5.56 Å². The third-order valence-electron chi connectivity index (χ3n) is 3.16. The highest BCUT2D eigenvalue weighted by Crippen LogP contribution is 2.14. The Balaban J connectivity index is 2.47. The van der Waals surface area contributed by atoms with Gasteiger partial charge in [0, 0.05) is 0 Å². The van der Waals surface area contributed by atoms with Crippen LogP contribution in [0.1, 0.15) is 5.56 Å². The number of para-hydroxylation sites is 2. The lowest BCUT2D eigenvalue weighted by atomic mass is 10.2. The fraction of sp³-hybridized carbons (Fsp3) is 0.0667. The number of hydrogen-bond donors (Lipinski definition) is 1. The largest absolute Gasteiger partial charge is 0.331 e. The monoisotopic (exact) mass is 268 g/mol. The summed E-state index contributed by atoms with van der Waals surface area (Å²) in [6, 6.07) is 15.1. The van der Waals surface area contributed by atoms with E-state index >= 15 is 0 Å². The zero-order valence-corrected chi connectivity index (χ0v) is 11.2. The molecule has 1 heterocycles. The van der Waals surface area contributed by atoms with Crippen LogP contribution < -0.4 is 5.56 Å². The van der Waals surface area contributed by atoms with Crippen molar-refractivity contribution in [2.75, 3.05) is 0 Å². The highest BCUT2D eigenvalue weighted by atomic mass is 32.1. The van der Waals surface area contributed by atoms with Crippen molar-refractivity contribution in [1.82, 2.24) is 9.55 Å². The van der Waals surface area contributed by atoms with Crippen molar-refractivity contribution < 1.29 is 0 Å². The van der Waals surface area contributed by atoms with Crippen molar-refractivity contribution in [3.63, 3.8) is 0 Å². The maximum atomic E-state index is 12.6. The number of hydrogen-bond acceptors (Lipinski definition) is 2. The summed E-state index contributed by atoms with van der Waals surface area (Å²) in [5.74, 6) is 0. The van der Waals surface area contributed by atoms with Crippen LogP contribution in [0.4, 0.5) is 0 Å². The lowest BCUT2D eigenvalue weighted by Crippen LogP contribution is -2.21. The Bertz CT molecular complexity index is 877. The van der Waals surface area contributed by atoms with E-state index in [-0.39, 0.29) is 5.56 Å². The van der Waals surface area contributed by atoms with Crippen LogP contribution in [-0.4, -0.2) is 9.55 Å². The van der Waals surface area contributed by atoms with Crippen LogP contribution in [0.3, 0.4) is 0 Å². The van der Waals surface area contributed by atoms with Gasteiger partial charge < -0.3 is 4.98 Å². The molecule has 3 rings (SSSR count). The number of aromatic amines is 1. The summed E-state index contributed by atoms with van der Waals surface area (Å²) in [6.45, 7) is 1.96. The van der Waals surface area contributed by atoms with E-state index in [2.05, 4.69) is 4.98 Å². The summed E-state index contributed by atoms with van der Waals surface area (Å²) in [4.78, 5) is 15.7. The molecule has 0 bridgehead atoms. The van der Waals surface area contributed by atoms with E-state index in [9.17, 15) is 4.79 Å². The van der Waals surface area contributed by atoms with Gasteiger partial charge in [-0.05, 0) is 42.9 Å². The molecule has 2 aromatic carbocycles. The summed E-state index contributed by atoms with van der Waals surface area (Å²) >= 11 is 5.32. The van der Waals surface area contributed by atoms with Gasteiger partial charge in [-0.1, -0.05) is 30.3 Å². The van der Waals surface area contributed by atoms with Crippen LogP contribution in [0.25, 0.3) is 16.6 Å². The molecule has 0 atom stereocenters. The van der Waals surface area contributed by atoms with E-state index < -0.39 is 0 Å². The highest BCUT2D eigenvalue weighted by molar-refractivity contribution is 7.71. The summed E-state index contributed by atoms with van der Waals surface area (Å²) in [5.41, 5.74) is 2.51. The lowest BCUT2D eigenvalue weighted by molar-refractivity contribution is 0.931. The molecule has 94 valence electrons. The topological polar surface area (TPSA) is 37.8 Å². The van der Waals surface area contributed by atoms with E-state index in [1.807, 2.05) is 49.4 Å². The average molecular weight is 268 g/mol. The fourth-order valence-electron chi connectivity index (χ4n) is 2.20. The van der Waals surface area contributed by atoms with E-state index in [1.54, 1.807) is 10.6 Å². The number of nitrogens with zero attached hydrogens (tertiary/aromatic N) is 1. The minimum atomic E-state index is -0.0892. The van der Waals surface area contributed by atoms with Gasteiger partial charge >= 0.3 is 0 Å². The van der Waals surface area contributed by atoms with Gasteiger partial charge in [0.1, 0.15) is 0 Å². The Morgan fingerprint density at radius 2 is 1.74 bits per heavy atom. The molecular formula is C15H12N2OS. The molecule has 0 aliphatic carbocycles. The minimum Gasteiger partial charge on any atom is -0.331 e. The Kier molecular flexibility index (Phi) is 2.80. The number of fused-ring (bicyclic) bond motifs is 1. The lowest BCUT2D eigenvalue weighted by Gasteiger charge is -2.10. The van der Waals surface area contributed by atoms with E-state index in [1.165, 1.54) is 0 Å². The molecule has 0 radical (unpaired) electrons.